The molecule has 1 amide bonds. The van der Waals surface area contributed by atoms with Crippen molar-refractivity contribution < 1.29 is 9.32 Å². The summed E-state index contributed by atoms with van der Waals surface area (Å²) < 4.78 is 4.99. The van der Waals surface area contributed by atoms with Gasteiger partial charge in [-0.3, -0.25) is 4.79 Å². The van der Waals surface area contributed by atoms with Gasteiger partial charge in [0.1, 0.15) is 0 Å². The van der Waals surface area contributed by atoms with E-state index in [0.29, 0.717) is 5.82 Å². The number of amides is 1. The molecule has 2 heterocycles. The Morgan fingerprint density at radius 3 is 3.00 bits per heavy atom. The van der Waals surface area contributed by atoms with Crippen molar-refractivity contribution in [3.63, 3.8) is 0 Å². The third-order valence-corrected chi connectivity index (χ3v) is 3.92. The molecule has 1 N–H and O–H groups in total. The van der Waals surface area contributed by atoms with E-state index in [1.165, 1.54) is 24.2 Å². The summed E-state index contributed by atoms with van der Waals surface area (Å²) in [6.07, 6.45) is 4.43. The molecular weight excluding hydrogens is 250 g/mol. The van der Waals surface area contributed by atoms with E-state index in [2.05, 4.69) is 15.5 Å². The smallest absolute Gasteiger partial charge is 0.316 e. The van der Waals surface area contributed by atoms with Crippen LogP contribution in [-0.2, 0) is 0 Å². The summed E-state index contributed by atoms with van der Waals surface area (Å²) in [5.41, 5.74) is 0. The number of nitrogens with zero attached hydrogens (tertiary/aromatic N) is 2. The fourth-order valence-electron chi connectivity index (χ4n) is 2.14. The quantitative estimate of drug-likeness (QED) is 0.923. The molecule has 1 fully saturated rings. The van der Waals surface area contributed by atoms with Crippen molar-refractivity contribution in [3.05, 3.63) is 23.4 Å². The fourth-order valence-corrected chi connectivity index (χ4v) is 2.79. The van der Waals surface area contributed by atoms with Crippen molar-refractivity contribution in [3.8, 4) is 10.7 Å². The van der Waals surface area contributed by atoms with Crippen molar-refractivity contribution >= 4 is 17.2 Å². The van der Waals surface area contributed by atoms with Gasteiger partial charge in [0.05, 0.1) is 4.88 Å². The second-order valence-corrected chi connectivity index (χ2v) is 5.30. The number of aromatic nitrogens is 2. The lowest BCUT2D eigenvalue weighted by atomic mass is 10.2. The Morgan fingerprint density at radius 2 is 2.28 bits per heavy atom. The van der Waals surface area contributed by atoms with Gasteiger partial charge in [0.2, 0.25) is 5.82 Å². The molecule has 0 spiro atoms. The summed E-state index contributed by atoms with van der Waals surface area (Å²) in [6, 6.07) is 4.07. The Labute approximate surface area is 108 Å². The number of rotatable bonds is 3. The van der Waals surface area contributed by atoms with Crippen molar-refractivity contribution in [2.75, 3.05) is 0 Å². The first-order valence-corrected chi connectivity index (χ1v) is 6.89. The molecule has 3 rings (SSSR count). The van der Waals surface area contributed by atoms with Crippen LogP contribution in [0.5, 0.6) is 0 Å². The first-order valence-electron chi connectivity index (χ1n) is 6.01. The molecule has 0 unspecified atom stereocenters. The van der Waals surface area contributed by atoms with E-state index >= 15 is 0 Å². The molecule has 2 aromatic rings. The molecule has 1 saturated carbocycles. The summed E-state index contributed by atoms with van der Waals surface area (Å²) in [4.78, 5) is 16.9. The van der Waals surface area contributed by atoms with Crippen LogP contribution < -0.4 is 5.32 Å². The first kappa shape index (κ1) is 11.4. The zero-order chi connectivity index (χ0) is 12.4. The van der Waals surface area contributed by atoms with E-state index in [4.69, 9.17) is 4.52 Å². The van der Waals surface area contributed by atoms with E-state index in [0.717, 1.165) is 17.7 Å². The molecule has 0 radical (unpaired) electrons. The topological polar surface area (TPSA) is 68.0 Å². The van der Waals surface area contributed by atoms with Gasteiger partial charge in [0, 0.05) is 6.04 Å². The average molecular weight is 263 g/mol. The van der Waals surface area contributed by atoms with Crippen molar-refractivity contribution in [2.45, 2.75) is 31.7 Å². The molecule has 2 aromatic heterocycles. The highest BCUT2D eigenvalue weighted by atomic mass is 32.1. The number of nitrogens with one attached hydrogen (secondary N) is 1. The van der Waals surface area contributed by atoms with Crippen LogP contribution in [0.4, 0.5) is 0 Å². The van der Waals surface area contributed by atoms with E-state index in [1.54, 1.807) is 0 Å². The van der Waals surface area contributed by atoms with E-state index in [-0.39, 0.29) is 17.8 Å². The van der Waals surface area contributed by atoms with Crippen LogP contribution in [0.3, 0.4) is 0 Å². The van der Waals surface area contributed by atoms with Crippen LogP contribution in [-0.4, -0.2) is 22.1 Å². The Morgan fingerprint density at radius 1 is 1.44 bits per heavy atom. The van der Waals surface area contributed by atoms with Crippen LogP contribution >= 0.6 is 11.3 Å². The van der Waals surface area contributed by atoms with Crippen LogP contribution in [0.1, 0.15) is 36.4 Å². The second kappa shape index (κ2) is 4.89. The van der Waals surface area contributed by atoms with Gasteiger partial charge < -0.3 is 9.84 Å². The third kappa shape index (κ3) is 2.28. The molecule has 5 nitrogen and oxygen atoms in total. The van der Waals surface area contributed by atoms with E-state index in [1.807, 2.05) is 17.5 Å². The molecule has 94 valence electrons. The molecule has 6 heteroatoms. The second-order valence-electron chi connectivity index (χ2n) is 4.36. The average Bonchev–Trinajstić information content (AvgIpc) is 3.11. The maximum Gasteiger partial charge on any atom is 0.316 e. The summed E-state index contributed by atoms with van der Waals surface area (Å²) >= 11 is 1.52. The predicted octanol–water partition coefficient (Wildman–Crippen LogP) is 2.47. The molecule has 18 heavy (non-hydrogen) atoms. The van der Waals surface area contributed by atoms with Crippen molar-refractivity contribution in [1.82, 2.24) is 15.5 Å². The Balaban J connectivity index is 1.70. The van der Waals surface area contributed by atoms with Crippen LogP contribution in [0.25, 0.3) is 10.7 Å². The number of carbonyl (C=O) groups is 1. The molecule has 0 saturated heterocycles. The maximum absolute atomic E-state index is 11.9. The zero-order valence-corrected chi connectivity index (χ0v) is 10.6. The lowest BCUT2D eigenvalue weighted by Gasteiger charge is -2.08. The van der Waals surface area contributed by atoms with E-state index < -0.39 is 0 Å². The van der Waals surface area contributed by atoms with Crippen LogP contribution in [0, 0.1) is 0 Å². The van der Waals surface area contributed by atoms with Crippen molar-refractivity contribution in [2.24, 2.45) is 0 Å². The normalized spacial score (nSPS) is 16.0. The zero-order valence-electron chi connectivity index (χ0n) is 9.76. The first-order chi connectivity index (χ1) is 8.83. The maximum atomic E-state index is 11.9. The highest BCUT2D eigenvalue weighted by Crippen LogP contribution is 2.22. The van der Waals surface area contributed by atoms with Gasteiger partial charge in [-0.05, 0) is 24.3 Å². The fraction of sp³-hybridized carbons (Fsp3) is 0.417. The predicted molar refractivity (Wildman–Crippen MR) is 67.3 cm³/mol. The standard InChI is InChI=1S/C12H13N3O2S/c16-11(13-8-4-1-2-5-8)12-14-10(15-17-12)9-6-3-7-18-9/h3,6-8H,1-2,4-5H2,(H,13,16). The number of thiophene rings is 1. The Hall–Kier alpha value is -1.69. The van der Waals surface area contributed by atoms with Crippen LogP contribution in [0.2, 0.25) is 0 Å². The van der Waals surface area contributed by atoms with E-state index in [9.17, 15) is 4.79 Å². The van der Waals surface area contributed by atoms with Crippen molar-refractivity contribution in [1.29, 1.82) is 0 Å². The third-order valence-electron chi connectivity index (χ3n) is 3.05. The minimum absolute atomic E-state index is 0.0466. The Kier molecular flexibility index (Phi) is 3.10. The number of carbonyl (C=O) groups excluding carboxylic acids is 1. The SMILES string of the molecule is O=C(NC1CCCC1)c1nc(-c2cccs2)no1. The summed E-state index contributed by atoms with van der Waals surface area (Å²) in [6.45, 7) is 0. The monoisotopic (exact) mass is 263 g/mol. The molecule has 0 atom stereocenters. The largest absolute Gasteiger partial charge is 0.345 e. The van der Waals surface area contributed by atoms with Gasteiger partial charge in [-0.25, -0.2) is 0 Å². The molecule has 0 aliphatic heterocycles. The minimum Gasteiger partial charge on any atom is -0.345 e. The van der Waals surface area contributed by atoms with Gasteiger partial charge in [-0.1, -0.05) is 24.1 Å². The molecular formula is C12H13N3O2S. The summed E-state index contributed by atoms with van der Waals surface area (Å²) in [5.74, 6) is 0.254. The van der Waals surface area contributed by atoms with Crippen LogP contribution in [0.15, 0.2) is 22.0 Å². The van der Waals surface area contributed by atoms with Gasteiger partial charge in [-0.2, -0.15) is 4.98 Å². The van der Waals surface area contributed by atoms with Gasteiger partial charge in [-0.15, -0.1) is 11.3 Å². The van der Waals surface area contributed by atoms with Gasteiger partial charge in [0.25, 0.3) is 0 Å². The molecule has 1 aliphatic rings. The number of hydrogen-bond donors (Lipinski definition) is 1. The van der Waals surface area contributed by atoms with Gasteiger partial charge >= 0.3 is 11.8 Å². The highest BCUT2D eigenvalue weighted by Gasteiger charge is 2.22. The summed E-state index contributed by atoms with van der Waals surface area (Å²) in [7, 11) is 0. The lowest BCUT2D eigenvalue weighted by Crippen LogP contribution is -2.32. The molecule has 0 aromatic carbocycles. The minimum atomic E-state index is -0.266. The Bertz CT molecular complexity index is 529. The van der Waals surface area contributed by atoms with Gasteiger partial charge in [0.15, 0.2) is 0 Å². The molecule has 1 aliphatic carbocycles. The number of hydrogen-bond acceptors (Lipinski definition) is 5. The summed E-state index contributed by atoms with van der Waals surface area (Å²) in [5, 5.41) is 8.67. The lowest BCUT2D eigenvalue weighted by molar-refractivity contribution is 0.0893. The highest BCUT2D eigenvalue weighted by molar-refractivity contribution is 7.13. The molecule has 0 bridgehead atoms.